The lowest BCUT2D eigenvalue weighted by Gasteiger charge is -2.16. The minimum atomic E-state index is -0.581. The lowest BCUT2D eigenvalue weighted by molar-refractivity contribution is 0.128. The first-order valence-electron chi connectivity index (χ1n) is 7.51. The average molecular weight is 299 g/mol. The Morgan fingerprint density at radius 2 is 2.27 bits per heavy atom. The van der Waals surface area contributed by atoms with Crippen molar-refractivity contribution < 1.29 is 9.52 Å². The van der Waals surface area contributed by atoms with Gasteiger partial charge in [0.25, 0.3) is 0 Å². The molecule has 2 unspecified atom stereocenters. The van der Waals surface area contributed by atoms with Gasteiger partial charge < -0.3 is 19.2 Å². The molecule has 5 nitrogen and oxygen atoms in total. The second kappa shape index (κ2) is 6.34. The van der Waals surface area contributed by atoms with Crippen molar-refractivity contribution in [3.8, 4) is 0 Å². The third kappa shape index (κ3) is 3.21. The number of furan rings is 1. The number of rotatable bonds is 6. The van der Waals surface area contributed by atoms with Crippen molar-refractivity contribution in [1.82, 2.24) is 14.7 Å². The summed E-state index contributed by atoms with van der Waals surface area (Å²) in [5.74, 6) is 0.610. The molecule has 2 atom stereocenters. The number of aryl methyl sites for hydroxylation is 1. The first-order valence-corrected chi connectivity index (χ1v) is 7.51. The number of hydrogen-bond donors (Lipinski definition) is 2. The smallest absolute Gasteiger partial charge is 0.137 e. The molecule has 0 radical (unpaired) electrons. The van der Waals surface area contributed by atoms with Crippen LogP contribution in [0.4, 0.5) is 0 Å². The van der Waals surface area contributed by atoms with Gasteiger partial charge in [-0.2, -0.15) is 0 Å². The summed E-state index contributed by atoms with van der Waals surface area (Å²) in [6.45, 7) is 4.82. The molecule has 3 aromatic rings. The molecule has 0 saturated carbocycles. The molecular formula is C17H21N3O2. The quantitative estimate of drug-likeness (QED) is 0.734. The van der Waals surface area contributed by atoms with Gasteiger partial charge in [-0.25, -0.2) is 4.98 Å². The number of hydrogen-bond acceptors (Lipinski definition) is 4. The Kier molecular flexibility index (Phi) is 4.27. The van der Waals surface area contributed by atoms with Gasteiger partial charge >= 0.3 is 0 Å². The van der Waals surface area contributed by atoms with Gasteiger partial charge in [-0.05, 0) is 50.1 Å². The van der Waals surface area contributed by atoms with Crippen LogP contribution in [0.5, 0.6) is 0 Å². The van der Waals surface area contributed by atoms with Crippen molar-refractivity contribution in [1.29, 1.82) is 0 Å². The summed E-state index contributed by atoms with van der Waals surface area (Å²) in [7, 11) is 0. The molecule has 0 aliphatic carbocycles. The number of nitrogens with one attached hydrogen (secondary N) is 1. The number of aliphatic hydroxyl groups excluding tert-OH is 1. The summed E-state index contributed by atoms with van der Waals surface area (Å²) in [5.41, 5.74) is 3.27. The fraction of sp³-hybridized carbons (Fsp3) is 0.353. The maximum absolute atomic E-state index is 10.1. The molecule has 3 heterocycles. The van der Waals surface area contributed by atoms with Crippen LogP contribution in [0.3, 0.4) is 0 Å². The molecule has 0 spiro atoms. The minimum Gasteiger partial charge on any atom is -0.467 e. The average Bonchev–Trinajstić information content (AvgIpc) is 3.14. The fourth-order valence-corrected chi connectivity index (χ4v) is 2.56. The molecular weight excluding hydrogens is 278 g/mol. The SMILES string of the molecule is Cc1ccn2c(CNC(C)CC(O)c3ccco3)cnc2c1. The van der Waals surface area contributed by atoms with Gasteiger partial charge in [-0.1, -0.05) is 0 Å². The van der Waals surface area contributed by atoms with E-state index in [-0.39, 0.29) is 6.04 Å². The predicted molar refractivity (Wildman–Crippen MR) is 84.5 cm³/mol. The van der Waals surface area contributed by atoms with Gasteiger partial charge in [-0.3, -0.25) is 0 Å². The van der Waals surface area contributed by atoms with E-state index in [2.05, 4.69) is 40.7 Å². The maximum atomic E-state index is 10.1. The van der Waals surface area contributed by atoms with E-state index in [9.17, 15) is 5.11 Å². The third-order valence-corrected chi connectivity index (χ3v) is 3.83. The molecule has 3 rings (SSSR count). The third-order valence-electron chi connectivity index (χ3n) is 3.83. The molecule has 0 fully saturated rings. The Bertz CT molecular complexity index is 734. The second-order valence-corrected chi connectivity index (χ2v) is 5.73. The van der Waals surface area contributed by atoms with E-state index in [1.54, 1.807) is 18.4 Å². The van der Waals surface area contributed by atoms with Gasteiger partial charge in [0.2, 0.25) is 0 Å². The highest BCUT2D eigenvalue weighted by molar-refractivity contribution is 5.42. The maximum Gasteiger partial charge on any atom is 0.137 e. The van der Waals surface area contributed by atoms with E-state index in [1.807, 2.05) is 12.4 Å². The van der Waals surface area contributed by atoms with Crippen molar-refractivity contribution in [3.63, 3.8) is 0 Å². The first kappa shape index (κ1) is 14.8. The molecule has 5 heteroatoms. The number of fused-ring (bicyclic) bond motifs is 1. The van der Waals surface area contributed by atoms with Gasteiger partial charge in [0.15, 0.2) is 0 Å². The van der Waals surface area contributed by atoms with Crippen LogP contribution in [-0.2, 0) is 6.54 Å². The summed E-state index contributed by atoms with van der Waals surface area (Å²) in [6, 6.07) is 7.88. The zero-order valence-electron chi connectivity index (χ0n) is 12.9. The van der Waals surface area contributed by atoms with E-state index < -0.39 is 6.10 Å². The monoisotopic (exact) mass is 299 g/mol. The Balaban J connectivity index is 1.59. The van der Waals surface area contributed by atoms with Crippen molar-refractivity contribution >= 4 is 5.65 Å². The highest BCUT2D eigenvalue weighted by Gasteiger charge is 2.15. The van der Waals surface area contributed by atoms with Crippen LogP contribution in [0.2, 0.25) is 0 Å². The normalized spacial score (nSPS) is 14.3. The second-order valence-electron chi connectivity index (χ2n) is 5.73. The molecule has 0 aliphatic rings. The Hall–Kier alpha value is -2.11. The summed E-state index contributed by atoms with van der Waals surface area (Å²) >= 11 is 0. The van der Waals surface area contributed by atoms with Crippen LogP contribution in [0.1, 0.15) is 36.5 Å². The van der Waals surface area contributed by atoms with Gasteiger partial charge in [0.1, 0.15) is 17.5 Å². The first-order chi connectivity index (χ1) is 10.6. The van der Waals surface area contributed by atoms with Gasteiger partial charge in [0.05, 0.1) is 18.2 Å². The van der Waals surface area contributed by atoms with Crippen LogP contribution in [0.25, 0.3) is 5.65 Å². The summed E-state index contributed by atoms with van der Waals surface area (Å²) < 4.78 is 7.30. The van der Waals surface area contributed by atoms with Gasteiger partial charge in [-0.15, -0.1) is 0 Å². The molecule has 0 aromatic carbocycles. The zero-order chi connectivity index (χ0) is 15.5. The number of nitrogens with zero attached hydrogens (tertiary/aromatic N) is 2. The highest BCUT2D eigenvalue weighted by Crippen LogP contribution is 2.18. The van der Waals surface area contributed by atoms with E-state index in [0.717, 1.165) is 11.3 Å². The molecule has 22 heavy (non-hydrogen) atoms. The molecule has 0 bridgehead atoms. The topological polar surface area (TPSA) is 62.7 Å². The fourth-order valence-electron chi connectivity index (χ4n) is 2.56. The lowest BCUT2D eigenvalue weighted by Crippen LogP contribution is -2.27. The van der Waals surface area contributed by atoms with Crippen LogP contribution < -0.4 is 5.32 Å². The molecule has 0 amide bonds. The lowest BCUT2D eigenvalue weighted by atomic mass is 10.1. The number of pyridine rings is 1. The largest absolute Gasteiger partial charge is 0.467 e. The van der Waals surface area contributed by atoms with Crippen LogP contribution in [0, 0.1) is 6.92 Å². The molecule has 116 valence electrons. The summed E-state index contributed by atoms with van der Waals surface area (Å²) in [5, 5.41) is 13.5. The van der Waals surface area contributed by atoms with E-state index >= 15 is 0 Å². The standard InChI is InChI=1S/C17H21N3O2/c1-12-5-6-20-14(11-19-17(20)8-12)10-18-13(2)9-15(21)16-4-3-7-22-16/h3-8,11,13,15,18,21H,9-10H2,1-2H3. The van der Waals surface area contributed by atoms with Crippen LogP contribution in [0.15, 0.2) is 47.3 Å². The van der Waals surface area contributed by atoms with Crippen LogP contribution in [-0.4, -0.2) is 20.5 Å². The van der Waals surface area contributed by atoms with Crippen molar-refractivity contribution in [2.24, 2.45) is 0 Å². The summed E-state index contributed by atoms with van der Waals surface area (Å²) in [6.07, 6.45) is 5.52. The molecule has 0 saturated heterocycles. The van der Waals surface area contributed by atoms with E-state index in [1.165, 1.54) is 5.56 Å². The van der Waals surface area contributed by atoms with E-state index in [0.29, 0.717) is 18.7 Å². The number of imidazole rings is 1. The number of aliphatic hydroxyl groups is 1. The Morgan fingerprint density at radius 1 is 1.41 bits per heavy atom. The van der Waals surface area contributed by atoms with Gasteiger partial charge in [0, 0.05) is 18.8 Å². The Labute approximate surface area is 129 Å². The Morgan fingerprint density at radius 3 is 3.05 bits per heavy atom. The predicted octanol–water partition coefficient (Wildman–Crippen LogP) is 2.84. The van der Waals surface area contributed by atoms with Crippen molar-refractivity contribution in [3.05, 3.63) is 59.9 Å². The molecule has 2 N–H and O–H groups in total. The summed E-state index contributed by atoms with van der Waals surface area (Å²) in [4.78, 5) is 4.42. The minimum absolute atomic E-state index is 0.163. The van der Waals surface area contributed by atoms with E-state index in [4.69, 9.17) is 4.42 Å². The zero-order valence-corrected chi connectivity index (χ0v) is 12.9. The molecule has 0 aliphatic heterocycles. The van der Waals surface area contributed by atoms with Crippen molar-refractivity contribution in [2.75, 3.05) is 0 Å². The highest BCUT2D eigenvalue weighted by atomic mass is 16.4. The number of aromatic nitrogens is 2. The molecule has 3 aromatic heterocycles. The van der Waals surface area contributed by atoms with Crippen molar-refractivity contribution in [2.45, 2.75) is 39.0 Å². The van der Waals surface area contributed by atoms with Crippen LogP contribution >= 0.6 is 0 Å².